The van der Waals surface area contributed by atoms with Gasteiger partial charge in [0, 0.05) is 12.6 Å². The Kier molecular flexibility index (Phi) is 4.11. The zero-order chi connectivity index (χ0) is 14.0. The van der Waals surface area contributed by atoms with Gasteiger partial charge >= 0.3 is 0 Å². The zero-order valence-corrected chi connectivity index (χ0v) is 12.6. The second-order valence-corrected chi connectivity index (χ2v) is 6.96. The Morgan fingerprint density at radius 3 is 2.65 bits per heavy atom. The van der Waals surface area contributed by atoms with Gasteiger partial charge in [0.25, 0.3) is 0 Å². The van der Waals surface area contributed by atoms with Gasteiger partial charge in [0.15, 0.2) is 0 Å². The molecule has 110 valence electrons. The highest BCUT2D eigenvalue weighted by Crippen LogP contribution is 2.40. The first-order valence-electron chi connectivity index (χ1n) is 8.15. The predicted molar refractivity (Wildman–Crippen MR) is 81.4 cm³/mol. The minimum atomic E-state index is -0.0910. The minimum absolute atomic E-state index is 0.0910. The van der Waals surface area contributed by atoms with Crippen LogP contribution in [0.2, 0.25) is 0 Å². The highest BCUT2D eigenvalue weighted by atomic mass is 19.1. The second kappa shape index (κ2) is 5.85. The van der Waals surface area contributed by atoms with Crippen LogP contribution in [0.1, 0.15) is 56.1 Å². The van der Waals surface area contributed by atoms with Gasteiger partial charge in [-0.2, -0.15) is 0 Å². The van der Waals surface area contributed by atoms with Crippen molar-refractivity contribution in [1.29, 1.82) is 0 Å². The molecule has 3 rings (SSSR count). The van der Waals surface area contributed by atoms with Crippen molar-refractivity contribution in [2.24, 2.45) is 5.41 Å². The summed E-state index contributed by atoms with van der Waals surface area (Å²) in [6.45, 7) is 3.23. The molecule has 0 heterocycles. The molecule has 0 unspecified atom stereocenters. The van der Waals surface area contributed by atoms with Gasteiger partial charge in [-0.25, -0.2) is 4.39 Å². The third kappa shape index (κ3) is 3.41. The van der Waals surface area contributed by atoms with Crippen molar-refractivity contribution in [3.8, 4) is 0 Å². The van der Waals surface area contributed by atoms with Crippen molar-refractivity contribution < 1.29 is 4.39 Å². The van der Waals surface area contributed by atoms with E-state index >= 15 is 0 Å². The summed E-state index contributed by atoms with van der Waals surface area (Å²) in [7, 11) is 0. The van der Waals surface area contributed by atoms with Crippen molar-refractivity contribution in [2.45, 2.75) is 64.3 Å². The molecule has 0 aliphatic heterocycles. The lowest BCUT2D eigenvalue weighted by molar-refractivity contribution is 0.179. The zero-order valence-electron chi connectivity index (χ0n) is 12.6. The molecule has 2 saturated carbocycles. The molecule has 0 radical (unpaired) electrons. The van der Waals surface area contributed by atoms with Crippen molar-refractivity contribution in [3.63, 3.8) is 0 Å². The molecular weight excluding hydrogens is 249 g/mol. The van der Waals surface area contributed by atoms with Gasteiger partial charge in [0.1, 0.15) is 5.82 Å². The number of nitrogens with one attached hydrogen (secondary N) is 1. The first-order valence-corrected chi connectivity index (χ1v) is 8.15. The number of hydrogen-bond acceptors (Lipinski definition) is 1. The molecule has 1 aromatic carbocycles. The van der Waals surface area contributed by atoms with Crippen molar-refractivity contribution in [2.75, 3.05) is 6.54 Å². The smallest absolute Gasteiger partial charge is 0.123 e. The number of halogens is 1. The van der Waals surface area contributed by atoms with Crippen LogP contribution in [0.15, 0.2) is 18.2 Å². The fourth-order valence-electron chi connectivity index (χ4n) is 3.60. The fourth-order valence-corrected chi connectivity index (χ4v) is 3.60. The predicted octanol–water partition coefficient (Wildman–Crippen LogP) is 4.38. The Morgan fingerprint density at radius 1 is 1.20 bits per heavy atom. The summed E-state index contributed by atoms with van der Waals surface area (Å²) >= 11 is 0. The van der Waals surface area contributed by atoms with Crippen molar-refractivity contribution >= 4 is 0 Å². The Hall–Kier alpha value is -0.890. The van der Waals surface area contributed by atoms with Gasteiger partial charge in [0.05, 0.1) is 0 Å². The van der Waals surface area contributed by atoms with E-state index in [0.717, 1.165) is 19.0 Å². The van der Waals surface area contributed by atoms with E-state index in [1.54, 1.807) is 12.1 Å². The van der Waals surface area contributed by atoms with Crippen molar-refractivity contribution in [3.05, 3.63) is 35.1 Å². The van der Waals surface area contributed by atoms with Crippen LogP contribution in [0.4, 0.5) is 4.39 Å². The monoisotopic (exact) mass is 275 g/mol. The Balaban J connectivity index is 1.75. The van der Waals surface area contributed by atoms with E-state index in [9.17, 15) is 4.39 Å². The summed E-state index contributed by atoms with van der Waals surface area (Å²) in [5.74, 6) is -0.0910. The highest BCUT2D eigenvalue weighted by molar-refractivity contribution is 5.28. The Morgan fingerprint density at radius 2 is 1.95 bits per heavy atom. The molecule has 1 nitrogen and oxygen atoms in total. The topological polar surface area (TPSA) is 12.0 Å². The van der Waals surface area contributed by atoms with E-state index in [0.29, 0.717) is 5.41 Å². The van der Waals surface area contributed by atoms with E-state index in [2.05, 4.69) is 12.2 Å². The van der Waals surface area contributed by atoms with Crippen LogP contribution in [0.5, 0.6) is 0 Å². The molecular formula is C18H26FN. The van der Waals surface area contributed by atoms with Crippen molar-refractivity contribution in [1.82, 2.24) is 5.32 Å². The minimum Gasteiger partial charge on any atom is -0.313 e. The van der Waals surface area contributed by atoms with Crippen LogP contribution in [0.3, 0.4) is 0 Å². The van der Waals surface area contributed by atoms with Crippen LogP contribution in [0, 0.1) is 18.2 Å². The first-order chi connectivity index (χ1) is 9.67. The molecule has 2 aliphatic carbocycles. The fraction of sp³-hybridized carbons (Fsp3) is 0.667. The lowest BCUT2D eigenvalue weighted by Gasteiger charge is -2.38. The molecule has 2 heteroatoms. The summed E-state index contributed by atoms with van der Waals surface area (Å²) in [4.78, 5) is 0. The molecule has 0 aromatic heterocycles. The maximum Gasteiger partial charge on any atom is 0.123 e. The largest absolute Gasteiger partial charge is 0.313 e. The lowest BCUT2D eigenvalue weighted by atomic mass is 9.70. The molecule has 2 aliphatic rings. The average molecular weight is 275 g/mol. The van der Waals surface area contributed by atoms with Gasteiger partial charge in [-0.05, 0) is 67.7 Å². The third-order valence-corrected chi connectivity index (χ3v) is 5.13. The van der Waals surface area contributed by atoms with E-state index in [1.807, 2.05) is 6.07 Å². The summed E-state index contributed by atoms with van der Waals surface area (Å²) < 4.78 is 13.5. The maximum atomic E-state index is 13.5. The molecule has 0 spiro atoms. The molecule has 2 fully saturated rings. The lowest BCUT2D eigenvalue weighted by Crippen LogP contribution is -2.39. The molecule has 0 saturated heterocycles. The molecule has 1 N–H and O–H groups in total. The normalized spacial score (nSPS) is 21.9. The van der Waals surface area contributed by atoms with Crippen LogP contribution in [0.25, 0.3) is 0 Å². The van der Waals surface area contributed by atoms with Gasteiger partial charge in [-0.3, -0.25) is 0 Å². The highest BCUT2D eigenvalue weighted by Gasteiger charge is 2.34. The van der Waals surface area contributed by atoms with E-state index in [-0.39, 0.29) is 5.82 Å². The number of rotatable bonds is 5. The van der Waals surface area contributed by atoms with E-state index < -0.39 is 0 Å². The van der Waals surface area contributed by atoms with Crippen LogP contribution >= 0.6 is 0 Å². The summed E-state index contributed by atoms with van der Waals surface area (Å²) in [6.07, 6.45) is 10.3. The SMILES string of the molecule is Cc1ccc(F)cc1CC1(CNC2CC2)CCCCC1. The average Bonchev–Trinajstić information content (AvgIpc) is 3.26. The molecule has 0 bridgehead atoms. The summed E-state index contributed by atoms with van der Waals surface area (Å²) in [5, 5.41) is 3.73. The van der Waals surface area contributed by atoms with Crippen LogP contribution < -0.4 is 5.32 Å². The van der Waals surface area contributed by atoms with Crippen LogP contribution in [-0.4, -0.2) is 12.6 Å². The summed E-state index contributed by atoms with van der Waals surface area (Å²) in [6, 6.07) is 6.02. The van der Waals surface area contributed by atoms with Gasteiger partial charge in [-0.15, -0.1) is 0 Å². The molecule has 1 aromatic rings. The first kappa shape index (κ1) is 14.1. The Bertz CT molecular complexity index is 458. The number of hydrogen-bond donors (Lipinski definition) is 1. The van der Waals surface area contributed by atoms with E-state index in [1.165, 1.54) is 56.1 Å². The Labute approximate surface area is 122 Å². The van der Waals surface area contributed by atoms with E-state index in [4.69, 9.17) is 0 Å². The van der Waals surface area contributed by atoms with Gasteiger partial charge < -0.3 is 5.32 Å². The second-order valence-electron chi connectivity index (χ2n) is 6.96. The van der Waals surface area contributed by atoms with Crippen LogP contribution in [-0.2, 0) is 6.42 Å². The standard InChI is InChI=1S/C18H26FN/c1-14-5-6-16(19)11-15(14)12-18(9-3-2-4-10-18)13-20-17-7-8-17/h5-6,11,17,20H,2-4,7-10,12-13H2,1H3. The van der Waals surface area contributed by atoms with Gasteiger partial charge in [-0.1, -0.05) is 25.3 Å². The quantitative estimate of drug-likeness (QED) is 0.841. The van der Waals surface area contributed by atoms with Gasteiger partial charge in [0.2, 0.25) is 0 Å². The number of aryl methyl sites for hydroxylation is 1. The summed E-state index contributed by atoms with van der Waals surface area (Å²) in [5.41, 5.74) is 2.81. The molecule has 0 atom stereocenters. The molecule has 0 amide bonds. The molecule has 20 heavy (non-hydrogen) atoms. The third-order valence-electron chi connectivity index (χ3n) is 5.13. The number of benzene rings is 1. The maximum absolute atomic E-state index is 13.5.